The van der Waals surface area contributed by atoms with Crippen LogP contribution in [-0.4, -0.2) is 45.8 Å². The molecule has 3 aromatic carbocycles. The van der Waals surface area contributed by atoms with Crippen molar-refractivity contribution in [3.63, 3.8) is 0 Å². The summed E-state index contributed by atoms with van der Waals surface area (Å²) in [6.45, 7) is 24.6. The molecule has 2 aliphatic rings. The SMILES string of the molecule is CC1(C)CCN(C(C)(C)C)C=C1C(=O)N(Cc1ccc(CN(C(=O)C2=CN(C(C)(C)C)CCC2(C)C)c2ccccc2)cc1)c1ccccc1. The molecule has 0 bridgehead atoms. The molecule has 266 valence electrons. The molecule has 0 saturated heterocycles. The molecule has 50 heavy (non-hydrogen) atoms. The van der Waals surface area contributed by atoms with Crippen LogP contribution in [-0.2, 0) is 22.7 Å². The fraction of sp³-hybridized carbons (Fsp3) is 0.455. The van der Waals surface area contributed by atoms with E-state index in [9.17, 15) is 9.59 Å². The number of nitrogens with zero attached hydrogens (tertiary/aromatic N) is 4. The van der Waals surface area contributed by atoms with Crippen LogP contribution in [0.25, 0.3) is 0 Å². The quantitative estimate of drug-likeness (QED) is 0.239. The Kier molecular flexibility index (Phi) is 10.4. The summed E-state index contributed by atoms with van der Waals surface area (Å²) in [5.41, 5.74) is 4.86. The van der Waals surface area contributed by atoms with E-state index >= 15 is 0 Å². The number of hydrogen-bond acceptors (Lipinski definition) is 4. The van der Waals surface area contributed by atoms with Gasteiger partial charge in [0.1, 0.15) is 0 Å². The van der Waals surface area contributed by atoms with Gasteiger partial charge in [0, 0.05) is 59.1 Å². The molecule has 0 fully saturated rings. The van der Waals surface area contributed by atoms with E-state index in [4.69, 9.17) is 0 Å². The second-order valence-corrected chi connectivity index (χ2v) is 17.4. The summed E-state index contributed by atoms with van der Waals surface area (Å²) >= 11 is 0. The van der Waals surface area contributed by atoms with Gasteiger partial charge < -0.3 is 19.6 Å². The molecule has 0 spiro atoms. The number of hydrogen-bond donors (Lipinski definition) is 0. The minimum Gasteiger partial charge on any atom is -0.372 e. The summed E-state index contributed by atoms with van der Waals surface area (Å²) in [5.74, 6) is 0.0699. The number of amides is 2. The molecule has 0 aromatic heterocycles. The molecule has 0 unspecified atom stereocenters. The summed E-state index contributed by atoms with van der Waals surface area (Å²) in [6, 6.07) is 28.3. The van der Waals surface area contributed by atoms with Crippen LogP contribution in [0.1, 0.15) is 93.2 Å². The maximum Gasteiger partial charge on any atom is 0.256 e. The lowest BCUT2D eigenvalue weighted by Crippen LogP contribution is -2.46. The largest absolute Gasteiger partial charge is 0.372 e. The highest BCUT2D eigenvalue weighted by molar-refractivity contribution is 6.07. The van der Waals surface area contributed by atoms with Gasteiger partial charge in [-0.15, -0.1) is 0 Å². The summed E-state index contributed by atoms with van der Waals surface area (Å²) in [6.07, 6.45) is 6.03. The maximum atomic E-state index is 14.5. The first-order valence-electron chi connectivity index (χ1n) is 18.2. The predicted octanol–water partition coefficient (Wildman–Crippen LogP) is 9.58. The molecular weight excluding hydrogens is 617 g/mol. The van der Waals surface area contributed by atoms with Crippen molar-refractivity contribution >= 4 is 23.2 Å². The molecule has 0 saturated carbocycles. The van der Waals surface area contributed by atoms with Gasteiger partial charge in [-0.1, -0.05) is 88.4 Å². The van der Waals surface area contributed by atoms with Crippen molar-refractivity contribution in [2.24, 2.45) is 10.8 Å². The Morgan fingerprint density at radius 2 is 0.880 bits per heavy atom. The molecule has 2 aliphatic heterocycles. The van der Waals surface area contributed by atoms with Crippen LogP contribution < -0.4 is 9.80 Å². The maximum absolute atomic E-state index is 14.5. The zero-order valence-electron chi connectivity index (χ0n) is 32.1. The van der Waals surface area contributed by atoms with Crippen molar-refractivity contribution in [3.05, 3.63) is 120 Å². The van der Waals surface area contributed by atoms with Crippen molar-refractivity contribution < 1.29 is 9.59 Å². The Hall–Kier alpha value is -4.32. The Balaban J connectivity index is 1.44. The highest BCUT2D eigenvalue weighted by Gasteiger charge is 2.39. The van der Waals surface area contributed by atoms with Crippen LogP contribution in [0.5, 0.6) is 0 Å². The zero-order chi connectivity index (χ0) is 36.5. The molecule has 2 amide bonds. The molecule has 6 nitrogen and oxygen atoms in total. The van der Waals surface area contributed by atoms with Gasteiger partial charge in [-0.05, 0) is 101 Å². The van der Waals surface area contributed by atoms with E-state index in [1.165, 1.54) is 0 Å². The third-order valence-electron chi connectivity index (χ3n) is 10.5. The van der Waals surface area contributed by atoms with Gasteiger partial charge >= 0.3 is 0 Å². The summed E-state index contributed by atoms with van der Waals surface area (Å²) in [4.78, 5) is 37.4. The van der Waals surface area contributed by atoms with E-state index in [0.29, 0.717) is 13.1 Å². The van der Waals surface area contributed by atoms with Crippen LogP contribution in [0.4, 0.5) is 11.4 Å². The zero-order valence-corrected chi connectivity index (χ0v) is 32.1. The number of anilines is 2. The van der Waals surface area contributed by atoms with Gasteiger partial charge in [0.2, 0.25) is 0 Å². The van der Waals surface area contributed by atoms with Crippen molar-refractivity contribution in [3.8, 4) is 0 Å². The summed E-state index contributed by atoms with van der Waals surface area (Å²) < 4.78 is 0. The highest BCUT2D eigenvalue weighted by atomic mass is 16.2. The third-order valence-corrected chi connectivity index (χ3v) is 10.5. The topological polar surface area (TPSA) is 47.1 Å². The molecule has 6 heteroatoms. The molecule has 0 atom stereocenters. The van der Waals surface area contributed by atoms with E-state index in [0.717, 1.165) is 59.6 Å². The summed E-state index contributed by atoms with van der Waals surface area (Å²) in [5, 5.41) is 0. The van der Waals surface area contributed by atoms with E-state index < -0.39 is 0 Å². The normalized spacial score (nSPS) is 17.5. The third kappa shape index (κ3) is 8.34. The van der Waals surface area contributed by atoms with Gasteiger partial charge in [-0.2, -0.15) is 0 Å². The van der Waals surface area contributed by atoms with Crippen LogP contribution >= 0.6 is 0 Å². The first-order valence-corrected chi connectivity index (χ1v) is 18.2. The summed E-state index contributed by atoms with van der Waals surface area (Å²) in [7, 11) is 0. The smallest absolute Gasteiger partial charge is 0.256 e. The predicted molar refractivity (Wildman–Crippen MR) is 208 cm³/mol. The Morgan fingerprint density at radius 1 is 0.560 bits per heavy atom. The van der Waals surface area contributed by atoms with Gasteiger partial charge in [-0.3, -0.25) is 9.59 Å². The van der Waals surface area contributed by atoms with Gasteiger partial charge in [0.05, 0.1) is 13.1 Å². The van der Waals surface area contributed by atoms with Crippen molar-refractivity contribution in [2.75, 3.05) is 22.9 Å². The van der Waals surface area contributed by atoms with Crippen LogP contribution in [0.15, 0.2) is 108 Å². The van der Waals surface area contributed by atoms with Crippen molar-refractivity contribution in [2.45, 2.75) is 106 Å². The molecular formula is C44H58N4O2. The van der Waals surface area contributed by atoms with Crippen molar-refractivity contribution in [1.29, 1.82) is 0 Å². The number of para-hydroxylation sites is 2. The molecule has 3 aromatic rings. The van der Waals surface area contributed by atoms with Crippen molar-refractivity contribution in [1.82, 2.24) is 9.80 Å². The number of carbonyl (C=O) groups excluding carboxylic acids is 2. The molecule has 2 heterocycles. The average Bonchev–Trinajstić information content (AvgIpc) is 3.05. The average molecular weight is 675 g/mol. The fourth-order valence-electron chi connectivity index (χ4n) is 6.79. The molecule has 0 radical (unpaired) electrons. The minimum absolute atomic E-state index is 0.0350. The second kappa shape index (κ2) is 14.1. The molecule has 0 aliphatic carbocycles. The minimum atomic E-state index is -0.241. The number of rotatable bonds is 8. The molecule has 0 N–H and O–H groups in total. The lowest BCUT2D eigenvalue weighted by Gasteiger charge is -2.44. The van der Waals surface area contributed by atoms with E-state index in [-0.39, 0.29) is 33.7 Å². The van der Waals surface area contributed by atoms with E-state index in [1.54, 1.807) is 0 Å². The Labute approximate surface area is 301 Å². The standard InChI is InChI=1S/C44H58N4O2/c1-41(2,3)45-27-25-43(7,8)37(31-45)39(49)47(35-17-13-11-14-18-35)29-33-21-23-34(24-22-33)30-48(36-19-15-12-16-20-36)40(50)38-32-46(42(4,5)6)28-26-44(38,9)10/h11-24,31-32H,25-30H2,1-10H3. The monoisotopic (exact) mass is 674 g/mol. The highest BCUT2D eigenvalue weighted by Crippen LogP contribution is 2.40. The van der Waals surface area contributed by atoms with Crippen LogP contribution in [0.3, 0.4) is 0 Å². The first kappa shape index (κ1) is 36.9. The van der Waals surface area contributed by atoms with Gasteiger partial charge in [-0.25, -0.2) is 0 Å². The number of carbonyl (C=O) groups is 2. The van der Waals surface area contributed by atoms with E-state index in [1.807, 2.05) is 70.5 Å². The van der Waals surface area contributed by atoms with E-state index in [2.05, 4.69) is 116 Å². The number of benzene rings is 3. The van der Waals surface area contributed by atoms with Gasteiger partial charge in [0.25, 0.3) is 11.8 Å². The van der Waals surface area contributed by atoms with Crippen LogP contribution in [0.2, 0.25) is 0 Å². The molecule has 5 rings (SSSR count). The van der Waals surface area contributed by atoms with Gasteiger partial charge in [0.15, 0.2) is 0 Å². The Morgan fingerprint density at radius 3 is 1.18 bits per heavy atom. The Bertz CT molecular complexity index is 1580. The first-order chi connectivity index (χ1) is 23.4. The second-order valence-electron chi connectivity index (χ2n) is 17.4. The lowest BCUT2D eigenvalue weighted by molar-refractivity contribution is -0.117. The van der Waals surface area contributed by atoms with Crippen LogP contribution in [0, 0.1) is 10.8 Å². The lowest BCUT2D eigenvalue weighted by atomic mass is 9.77. The fourth-order valence-corrected chi connectivity index (χ4v) is 6.79.